The minimum absolute atomic E-state index is 0.127. The normalized spacial score (nSPS) is 18.1. The molecule has 1 fully saturated rings. The standard InChI is InChI=1S/C16H23NO2S/c1-11-4-5-14(20-3)10-15(11)16(19)17-8-6-13(7-9-17)12(2)18/h4-5,10,12-13,18H,6-9H2,1-3H3. The molecule has 0 spiro atoms. The molecule has 20 heavy (non-hydrogen) atoms. The van der Waals surface area contributed by atoms with E-state index in [0.29, 0.717) is 5.92 Å². The van der Waals surface area contributed by atoms with Crippen LogP contribution in [0.3, 0.4) is 0 Å². The first-order valence-corrected chi connectivity index (χ1v) is 8.37. The Bertz CT molecular complexity index is 479. The molecule has 0 radical (unpaired) electrons. The van der Waals surface area contributed by atoms with Gasteiger partial charge in [0.1, 0.15) is 0 Å². The predicted octanol–water partition coefficient (Wildman–Crippen LogP) is 2.95. The molecule has 1 aromatic rings. The molecule has 110 valence electrons. The third-order valence-electron chi connectivity index (χ3n) is 4.18. The number of carbonyl (C=O) groups excluding carboxylic acids is 1. The summed E-state index contributed by atoms with van der Waals surface area (Å²) in [5, 5.41) is 9.63. The second-order valence-corrected chi connectivity index (χ2v) is 6.43. The summed E-state index contributed by atoms with van der Waals surface area (Å²) in [6.07, 6.45) is 3.54. The summed E-state index contributed by atoms with van der Waals surface area (Å²) in [6, 6.07) is 6.06. The van der Waals surface area contributed by atoms with Crippen molar-refractivity contribution < 1.29 is 9.90 Å². The maximum Gasteiger partial charge on any atom is 0.254 e. The van der Waals surface area contributed by atoms with Crippen LogP contribution in [0.25, 0.3) is 0 Å². The second-order valence-electron chi connectivity index (χ2n) is 5.55. The maximum atomic E-state index is 12.6. The first-order chi connectivity index (χ1) is 9.52. The van der Waals surface area contributed by atoms with Gasteiger partial charge in [-0.15, -0.1) is 11.8 Å². The zero-order valence-electron chi connectivity index (χ0n) is 12.4. The number of benzene rings is 1. The van der Waals surface area contributed by atoms with Crippen molar-refractivity contribution in [2.75, 3.05) is 19.3 Å². The minimum Gasteiger partial charge on any atom is -0.393 e. The van der Waals surface area contributed by atoms with E-state index in [1.807, 2.05) is 37.1 Å². The Labute approximate surface area is 125 Å². The molecule has 1 amide bonds. The van der Waals surface area contributed by atoms with Crippen molar-refractivity contribution in [3.63, 3.8) is 0 Å². The van der Waals surface area contributed by atoms with E-state index in [2.05, 4.69) is 6.07 Å². The van der Waals surface area contributed by atoms with Crippen LogP contribution in [-0.2, 0) is 0 Å². The number of hydrogen-bond acceptors (Lipinski definition) is 3. The molecule has 1 aliphatic rings. The summed E-state index contributed by atoms with van der Waals surface area (Å²) in [4.78, 5) is 15.7. The van der Waals surface area contributed by atoms with E-state index in [4.69, 9.17) is 0 Å². The molecule has 0 aliphatic carbocycles. The average molecular weight is 293 g/mol. The van der Waals surface area contributed by atoms with Crippen molar-refractivity contribution >= 4 is 17.7 Å². The van der Waals surface area contributed by atoms with E-state index in [1.54, 1.807) is 11.8 Å². The summed E-state index contributed by atoms with van der Waals surface area (Å²) >= 11 is 1.66. The van der Waals surface area contributed by atoms with Crippen molar-refractivity contribution in [3.8, 4) is 0 Å². The first kappa shape index (κ1) is 15.4. The van der Waals surface area contributed by atoms with Crippen molar-refractivity contribution in [1.82, 2.24) is 4.90 Å². The molecule has 1 atom stereocenters. The van der Waals surface area contributed by atoms with Crippen molar-refractivity contribution in [2.45, 2.75) is 37.7 Å². The highest BCUT2D eigenvalue weighted by atomic mass is 32.2. The quantitative estimate of drug-likeness (QED) is 0.871. The maximum absolute atomic E-state index is 12.6. The fraction of sp³-hybridized carbons (Fsp3) is 0.562. The first-order valence-electron chi connectivity index (χ1n) is 7.15. The minimum atomic E-state index is -0.270. The molecule has 1 aromatic carbocycles. The molecule has 3 nitrogen and oxygen atoms in total. The number of aliphatic hydroxyl groups excluding tert-OH is 1. The van der Waals surface area contributed by atoms with Gasteiger partial charge in [-0.2, -0.15) is 0 Å². The molecule has 4 heteroatoms. The summed E-state index contributed by atoms with van der Waals surface area (Å²) in [5.74, 6) is 0.458. The number of thioether (sulfide) groups is 1. The van der Waals surface area contributed by atoms with Gasteiger partial charge in [0.2, 0.25) is 0 Å². The Hall–Kier alpha value is -1.00. The van der Waals surface area contributed by atoms with Crippen LogP contribution in [0.2, 0.25) is 0 Å². The van der Waals surface area contributed by atoms with E-state index in [0.717, 1.165) is 42.0 Å². The number of piperidine rings is 1. The topological polar surface area (TPSA) is 40.5 Å². The number of aliphatic hydroxyl groups is 1. The van der Waals surface area contributed by atoms with Gasteiger partial charge in [0.15, 0.2) is 0 Å². The number of carbonyl (C=O) groups is 1. The lowest BCUT2D eigenvalue weighted by Crippen LogP contribution is -2.41. The van der Waals surface area contributed by atoms with Gasteiger partial charge in [-0.3, -0.25) is 4.79 Å². The number of amides is 1. The van der Waals surface area contributed by atoms with Gasteiger partial charge in [0, 0.05) is 23.5 Å². The zero-order valence-corrected chi connectivity index (χ0v) is 13.2. The molecule has 1 N–H and O–H groups in total. The van der Waals surface area contributed by atoms with E-state index >= 15 is 0 Å². The molecule has 0 saturated carbocycles. The van der Waals surface area contributed by atoms with Gasteiger partial charge in [0.25, 0.3) is 5.91 Å². The lowest BCUT2D eigenvalue weighted by atomic mass is 9.91. The Morgan fingerprint density at radius 3 is 2.60 bits per heavy atom. The highest BCUT2D eigenvalue weighted by Crippen LogP contribution is 2.24. The largest absolute Gasteiger partial charge is 0.393 e. The highest BCUT2D eigenvalue weighted by Gasteiger charge is 2.26. The zero-order chi connectivity index (χ0) is 14.7. The van der Waals surface area contributed by atoms with Crippen LogP contribution in [-0.4, -0.2) is 41.4 Å². The van der Waals surface area contributed by atoms with Gasteiger partial charge in [0.05, 0.1) is 6.10 Å². The Morgan fingerprint density at radius 2 is 2.05 bits per heavy atom. The van der Waals surface area contributed by atoms with Crippen LogP contribution >= 0.6 is 11.8 Å². The van der Waals surface area contributed by atoms with Gasteiger partial charge in [-0.05, 0) is 56.6 Å². The van der Waals surface area contributed by atoms with Gasteiger partial charge in [-0.1, -0.05) is 6.07 Å². The average Bonchev–Trinajstić information content (AvgIpc) is 2.47. The summed E-state index contributed by atoms with van der Waals surface area (Å²) in [5.41, 5.74) is 1.85. The van der Waals surface area contributed by atoms with Crippen LogP contribution in [0.15, 0.2) is 23.1 Å². The van der Waals surface area contributed by atoms with Gasteiger partial charge in [-0.25, -0.2) is 0 Å². The Balaban J connectivity index is 2.09. The molecule has 1 heterocycles. The Kier molecular flexibility index (Phi) is 5.11. The van der Waals surface area contributed by atoms with Crippen molar-refractivity contribution in [1.29, 1.82) is 0 Å². The number of aryl methyl sites for hydroxylation is 1. The van der Waals surface area contributed by atoms with Gasteiger partial charge < -0.3 is 10.0 Å². The number of hydrogen-bond donors (Lipinski definition) is 1. The highest BCUT2D eigenvalue weighted by molar-refractivity contribution is 7.98. The fourth-order valence-corrected chi connectivity index (χ4v) is 3.15. The monoisotopic (exact) mass is 293 g/mol. The molecule has 1 aliphatic heterocycles. The van der Waals surface area contributed by atoms with Gasteiger partial charge >= 0.3 is 0 Å². The van der Waals surface area contributed by atoms with E-state index in [1.165, 1.54) is 0 Å². The van der Waals surface area contributed by atoms with E-state index < -0.39 is 0 Å². The second kappa shape index (κ2) is 6.64. The predicted molar refractivity (Wildman–Crippen MR) is 83.3 cm³/mol. The summed E-state index contributed by atoms with van der Waals surface area (Å²) in [7, 11) is 0. The number of rotatable bonds is 3. The van der Waals surface area contributed by atoms with Crippen LogP contribution < -0.4 is 0 Å². The lowest BCUT2D eigenvalue weighted by molar-refractivity contribution is 0.0520. The van der Waals surface area contributed by atoms with Crippen LogP contribution in [0, 0.1) is 12.8 Å². The third kappa shape index (κ3) is 3.36. The molecular formula is C16H23NO2S. The van der Waals surface area contributed by atoms with E-state index in [-0.39, 0.29) is 12.0 Å². The molecule has 0 aromatic heterocycles. The third-order valence-corrected chi connectivity index (χ3v) is 4.91. The van der Waals surface area contributed by atoms with Crippen LogP contribution in [0.5, 0.6) is 0 Å². The number of nitrogens with zero attached hydrogens (tertiary/aromatic N) is 1. The fourth-order valence-electron chi connectivity index (χ4n) is 2.71. The Morgan fingerprint density at radius 1 is 1.40 bits per heavy atom. The summed E-state index contributed by atoms with van der Waals surface area (Å²) < 4.78 is 0. The number of likely N-dealkylation sites (tertiary alicyclic amines) is 1. The van der Waals surface area contributed by atoms with Crippen molar-refractivity contribution in [3.05, 3.63) is 29.3 Å². The lowest BCUT2D eigenvalue weighted by Gasteiger charge is -2.33. The molecule has 1 saturated heterocycles. The molecule has 0 bridgehead atoms. The van der Waals surface area contributed by atoms with E-state index in [9.17, 15) is 9.90 Å². The smallest absolute Gasteiger partial charge is 0.254 e. The molecule has 1 unspecified atom stereocenters. The molecule has 2 rings (SSSR count). The van der Waals surface area contributed by atoms with Crippen LogP contribution in [0.1, 0.15) is 35.7 Å². The SMILES string of the molecule is CSc1ccc(C)c(C(=O)N2CCC(C(C)O)CC2)c1. The van der Waals surface area contributed by atoms with Crippen LogP contribution in [0.4, 0.5) is 0 Å². The summed E-state index contributed by atoms with van der Waals surface area (Å²) in [6.45, 7) is 5.32. The van der Waals surface area contributed by atoms with Crippen molar-refractivity contribution in [2.24, 2.45) is 5.92 Å². The molecular weight excluding hydrogens is 270 g/mol.